The van der Waals surface area contributed by atoms with Crippen molar-refractivity contribution in [2.45, 2.75) is 64.0 Å². The van der Waals surface area contributed by atoms with Gasteiger partial charge in [-0.3, -0.25) is 0 Å². The van der Waals surface area contributed by atoms with E-state index >= 15 is 0 Å². The van der Waals surface area contributed by atoms with Crippen LogP contribution in [0.15, 0.2) is 47.5 Å². The van der Waals surface area contributed by atoms with E-state index in [9.17, 15) is 13.2 Å². The molecule has 0 spiro atoms. The number of nitrogens with two attached hydrogens (primary N) is 1. The van der Waals surface area contributed by atoms with Crippen molar-refractivity contribution < 1.29 is 17.9 Å². The highest BCUT2D eigenvalue weighted by molar-refractivity contribution is 6.30. The van der Waals surface area contributed by atoms with E-state index in [1.165, 1.54) is 18.2 Å². The quantitative estimate of drug-likeness (QED) is 0.293. The number of halogens is 4. The van der Waals surface area contributed by atoms with Crippen molar-refractivity contribution in [2.75, 3.05) is 11.9 Å². The Morgan fingerprint density at radius 1 is 1.18 bits per heavy atom. The highest BCUT2D eigenvalue weighted by atomic mass is 35.5. The predicted molar refractivity (Wildman–Crippen MR) is 128 cm³/mol. The number of rotatable bonds is 10. The number of benzene rings is 2. The molecule has 0 amide bonds. The zero-order valence-corrected chi connectivity index (χ0v) is 19.9. The number of amidine groups is 1. The molecule has 0 bridgehead atoms. The fourth-order valence-electron chi connectivity index (χ4n) is 3.95. The van der Waals surface area contributed by atoms with E-state index in [1.54, 1.807) is 0 Å². The molecule has 1 fully saturated rings. The van der Waals surface area contributed by atoms with E-state index in [-0.39, 0.29) is 29.0 Å². The van der Waals surface area contributed by atoms with Gasteiger partial charge in [-0.05, 0) is 61.1 Å². The van der Waals surface area contributed by atoms with Gasteiger partial charge in [0, 0.05) is 28.2 Å². The number of aliphatic imine (C=N–C) groups is 1. The summed E-state index contributed by atoms with van der Waals surface area (Å²) in [5.41, 5.74) is 7.24. The van der Waals surface area contributed by atoms with Crippen LogP contribution in [0.5, 0.6) is 0 Å². The topological polar surface area (TPSA) is 59.6 Å². The van der Waals surface area contributed by atoms with Crippen LogP contribution in [-0.2, 0) is 10.2 Å². The number of ether oxygens (including phenoxy) is 1. The normalized spacial score (nSPS) is 17.2. The summed E-state index contributed by atoms with van der Waals surface area (Å²) >= 11 is 5.99. The first-order valence-corrected chi connectivity index (χ1v) is 11.6. The summed E-state index contributed by atoms with van der Waals surface area (Å²) in [5, 5.41) is 3.95. The first kappa shape index (κ1) is 25.2. The summed E-state index contributed by atoms with van der Waals surface area (Å²) < 4.78 is 47.8. The van der Waals surface area contributed by atoms with Crippen LogP contribution in [0.1, 0.15) is 57.2 Å². The van der Waals surface area contributed by atoms with Crippen molar-refractivity contribution in [3.05, 3.63) is 64.4 Å². The first-order chi connectivity index (χ1) is 15.6. The molecule has 1 aliphatic rings. The van der Waals surface area contributed by atoms with Crippen molar-refractivity contribution in [1.29, 1.82) is 0 Å². The fraction of sp³-hybridized carbons (Fsp3) is 0.480. The number of nitrogens with zero attached hydrogens (tertiary/aromatic N) is 1. The minimum Gasteiger partial charge on any atom is -0.462 e. The van der Waals surface area contributed by atoms with Gasteiger partial charge in [-0.25, -0.2) is 18.2 Å². The highest BCUT2D eigenvalue weighted by Crippen LogP contribution is 2.48. The Balaban J connectivity index is 1.77. The van der Waals surface area contributed by atoms with Gasteiger partial charge < -0.3 is 15.8 Å². The SMILES string of the molecule is CC[C@@H](OC(N)=N[C@@H](c1cc(NCC2(c3ccc(Cl)cc3)CC2)ccc1F)C(F)F)C(C)C. The van der Waals surface area contributed by atoms with Gasteiger partial charge in [-0.15, -0.1) is 0 Å². The predicted octanol–water partition coefficient (Wildman–Crippen LogP) is 6.69. The molecule has 8 heteroatoms. The van der Waals surface area contributed by atoms with Crippen LogP contribution in [-0.4, -0.2) is 25.1 Å². The number of hydrogen-bond acceptors (Lipinski definition) is 3. The number of hydrogen-bond donors (Lipinski definition) is 2. The highest BCUT2D eigenvalue weighted by Gasteiger charge is 2.44. The summed E-state index contributed by atoms with van der Waals surface area (Å²) in [6, 6.07) is 9.66. The molecule has 3 N–H and O–H groups in total. The molecule has 0 radical (unpaired) electrons. The summed E-state index contributed by atoms with van der Waals surface area (Å²) in [6.45, 7) is 6.39. The molecule has 180 valence electrons. The second kappa shape index (κ2) is 10.7. The van der Waals surface area contributed by atoms with E-state index in [2.05, 4.69) is 10.3 Å². The third-order valence-electron chi connectivity index (χ3n) is 6.18. The average molecular weight is 482 g/mol. The second-order valence-corrected chi connectivity index (χ2v) is 9.37. The van der Waals surface area contributed by atoms with Gasteiger partial charge in [0.15, 0.2) is 0 Å². The Morgan fingerprint density at radius 2 is 1.85 bits per heavy atom. The third kappa shape index (κ3) is 6.34. The lowest BCUT2D eigenvalue weighted by Gasteiger charge is -2.22. The summed E-state index contributed by atoms with van der Waals surface area (Å²) in [6.07, 6.45) is -0.548. The van der Waals surface area contributed by atoms with Gasteiger partial charge in [-0.2, -0.15) is 0 Å². The van der Waals surface area contributed by atoms with Crippen LogP contribution in [0.2, 0.25) is 5.02 Å². The fourth-order valence-corrected chi connectivity index (χ4v) is 4.07. The van der Waals surface area contributed by atoms with Crippen LogP contribution in [0.3, 0.4) is 0 Å². The molecule has 0 aliphatic heterocycles. The molecule has 2 aromatic rings. The van der Waals surface area contributed by atoms with Gasteiger partial charge in [0.2, 0.25) is 0 Å². The van der Waals surface area contributed by atoms with Crippen LogP contribution >= 0.6 is 11.6 Å². The van der Waals surface area contributed by atoms with E-state index < -0.39 is 18.3 Å². The molecule has 0 unspecified atom stereocenters. The molecule has 4 nitrogen and oxygen atoms in total. The van der Waals surface area contributed by atoms with Crippen LogP contribution in [0.25, 0.3) is 0 Å². The van der Waals surface area contributed by atoms with Crippen molar-refractivity contribution in [3.63, 3.8) is 0 Å². The zero-order chi connectivity index (χ0) is 24.2. The van der Waals surface area contributed by atoms with Gasteiger partial charge in [0.1, 0.15) is 18.0 Å². The van der Waals surface area contributed by atoms with Crippen molar-refractivity contribution in [3.8, 4) is 0 Å². The lowest BCUT2D eigenvalue weighted by Crippen LogP contribution is -2.29. The van der Waals surface area contributed by atoms with Gasteiger partial charge in [0.05, 0.1) is 0 Å². The van der Waals surface area contributed by atoms with Gasteiger partial charge >= 0.3 is 0 Å². The first-order valence-electron chi connectivity index (χ1n) is 11.2. The van der Waals surface area contributed by atoms with E-state index in [0.29, 0.717) is 23.7 Å². The Bertz CT molecular complexity index is 962. The van der Waals surface area contributed by atoms with Crippen molar-refractivity contribution >= 4 is 23.3 Å². The lowest BCUT2D eigenvalue weighted by atomic mass is 9.96. The average Bonchev–Trinajstić information content (AvgIpc) is 3.56. The molecule has 3 rings (SSSR count). The monoisotopic (exact) mass is 481 g/mol. The van der Waals surface area contributed by atoms with Gasteiger partial charge in [-0.1, -0.05) is 44.5 Å². The minimum atomic E-state index is -2.94. The zero-order valence-electron chi connectivity index (χ0n) is 19.1. The second-order valence-electron chi connectivity index (χ2n) is 8.93. The maximum absolute atomic E-state index is 14.6. The molecule has 1 aliphatic carbocycles. The van der Waals surface area contributed by atoms with Crippen LogP contribution in [0.4, 0.5) is 18.9 Å². The molecule has 1 saturated carbocycles. The van der Waals surface area contributed by atoms with Crippen LogP contribution < -0.4 is 11.1 Å². The third-order valence-corrected chi connectivity index (χ3v) is 6.43. The maximum atomic E-state index is 14.6. The summed E-state index contributed by atoms with van der Waals surface area (Å²) in [5.74, 6) is -0.634. The summed E-state index contributed by atoms with van der Waals surface area (Å²) in [7, 11) is 0. The molecule has 33 heavy (non-hydrogen) atoms. The molecular weight excluding hydrogens is 451 g/mol. The Kier molecular flexibility index (Phi) is 8.16. The van der Waals surface area contributed by atoms with Crippen molar-refractivity contribution in [2.24, 2.45) is 16.6 Å². The molecule has 0 heterocycles. The van der Waals surface area contributed by atoms with E-state index in [0.717, 1.165) is 18.4 Å². The molecule has 0 saturated heterocycles. The molecular formula is C25H31ClF3N3O. The summed E-state index contributed by atoms with van der Waals surface area (Å²) in [4.78, 5) is 3.84. The number of nitrogens with one attached hydrogen (secondary N) is 1. The van der Waals surface area contributed by atoms with Crippen LogP contribution in [0, 0.1) is 11.7 Å². The standard InChI is InChI=1S/C25H31ClF3N3O/c1-4-21(15(2)3)33-24(30)32-22(23(28)29)19-13-18(9-10-20(19)27)31-14-25(11-12-25)16-5-7-17(26)8-6-16/h5-10,13,15,21-23,31H,4,11-12,14H2,1-3H3,(H2,30,32)/t21-,22+/m1/s1. The number of anilines is 1. The Hall–Kier alpha value is -2.41. The Labute approximate surface area is 198 Å². The minimum absolute atomic E-state index is 0.0380. The molecule has 0 aromatic heterocycles. The number of alkyl halides is 2. The lowest BCUT2D eigenvalue weighted by molar-refractivity contribution is 0.105. The largest absolute Gasteiger partial charge is 0.462 e. The van der Waals surface area contributed by atoms with E-state index in [1.807, 2.05) is 45.0 Å². The molecule has 2 atom stereocenters. The smallest absolute Gasteiger partial charge is 0.283 e. The van der Waals surface area contributed by atoms with Gasteiger partial charge in [0.25, 0.3) is 12.4 Å². The molecule has 2 aromatic carbocycles. The Morgan fingerprint density at radius 3 is 2.39 bits per heavy atom. The van der Waals surface area contributed by atoms with E-state index in [4.69, 9.17) is 22.1 Å². The van der Waals surface area contributed by atoms with Crippen molar-refractivity contribution in [1.82, 2.24) is 0 Å². The maximum Gasteiger partial charge on any atom is 0.283 e.